The zero-order chi connectivity index (χ0) is 26.6. The molecule has 2 aromatic heterocycles. The minimum Gasteiger partial charge on any atom is -0.385 e. The van der Waals surface area contributed by atoms with Gasteiger partial charge in [0.2, 0.25) is 0 Å². The van der Waals surface area contributed by atoms with Crippen molar-refractivity contribution in [1.29, 1.82) is 0 Å². The summed E-state index contributed by atoms with van der Waals surface area (Å²) >= 11 is 0. The van der Waals surface area contributed by atoms with Crippen molar-refractivity contribution in [2.75, 3.05) is 50.8 Å². The van der Waals surface area contributed by atoms with Crippen LogP contribution in [0, 0.1) is 0 Å². The number of piperazine rings is 1. The first-order chi connectivity index (χ1) is 19.2. The van der Waals surface area contributed by atoms with Gasteiger partial charge in [0.25, 0.3) is 0 Å². The highest BCUT2D eigenvalue weighted by Crippen LogP contribution is 2.37. The molecule has 8 nitrogen and oxygen atoms in total. The van der Waals surface area contributed by atoms with Crippen molar-refractivity contribution in [3.63, 3.8) is 0 Å². The third-order valence-corrected chi connectivity index (χ3v) is 8.56. The molecule has 0 bridgehead atoms. The highest BCUT2D eigenvalue weighted by molar-refractivity contribution is 5.98. The van der Waals surface area contributed by atoms with Gasteiger partial charge < -0.3 is 16.0 Å². The van der Waals surface area contributed by atoms with Crippen molar-refractivity contribution in [1.82, 2.24) is 29.5 Å². The van der Waals surface area contributed by atoms with Crippen LogP contribution in [0.25, 0.3) is 22.3 Å². The summed E-state index contributed by atoms with van der Waals surface area (Å²) < 4.78 is 2.14. The van der Waals surface area contributed by atoms with E-state index in [2.05, 4.69) is 91.4 Å². The molecule has 0 amide bonds. The predicted molar refractivity (Wildman–Crippen MR) is 159 cm³/mol. The lowest BCUT2D eigenvalue weighted by Crippen LogP contribution is -2.49. The molecule has 3 heterocycles. The number of hydrogen-bond donors (Lipinski definition) is 2. The standard InChI is InChI=1S/C31H40N8/c1-37-18-20-38(21-19-37)26-13-15-27(16-14-26)39-31-28(30(32)34-22-35-31)29(36-39)24-9-11-25(12-10-24)33-17-5-8-23-6-3-2-4-7-23/h2-4,6-7,9-12,22,26-27,33H,5,8,13-21H2,1H3,(H2,32,34,35)/t26-,27+. The Morgan fingerprint density at radius 3 is 2.33 bits per heavy atom. The molecule has 1 saturated carbocycles. The number of hydrogen-bond acceptors (Lipinski definition) is 7. The lowest BCUT2D eigenvalue weighted by molar-refractivity contribution is 0.0815. The lowest BCUT2D eigenvalue weighted by Gasteiger charge is -2.41. The predicted octanol–water partition coefficient (Wildman–Crippen LogP) is 4.85. The summed E-state index contributed by atoms with van der Waals surface area (Å²) in [6.07, 6.45) is 8.37. The molecule has 1 aliphatic heterocycles. The Balaban J connectivity index is 1.14. The number of nitrogens with one attached hydrogen (secondary N) is 1. The van der Waals surface area contributed by atoms with E-state index in [1.807, 2.05) is 0 Å². The molecule has 39 heavy (non-hydrogen) atoms. The van der Waals surface area contributed by atoms with Crippen LogP contribution in [0.2, 0.25) is 0 Å². The molecule has 6 rings (SSSR count). The number of aryl methyl sites for hydroxylation is 1. The van der Waals surface area contributed by atoms with Gasteiger partial charge in [0.1, 0.15) is 17.8 Å². The molecular formula is C31H40N8. The highest BCUT2D eigenvalue weighted by atomic mass is 15.3. The number of fused-ring (bicyclic) bond motifs is 1. The fourth-order valence-electron chi connectivity index (χ4n) is 6.22. The average molecular weight is 525 g/mol. The van der Waals surface area contributed by atoms with Crippen LogP contribution in [-0.2, 0) is 6.42 Å². The van der Waals surface area contributed by atoms with E-state index in [1.54, 1.807) is 6.33 Å². The van der Waals surface area contributed by atoms with Gasteiger partial charge in [0, 0.05) is 50.0 Å². The Labute approximate surface area is 231 Å². The monoisotopic (exact) mass is 524 g/mol. The Morgan fingerprint density at radius 1 is 0.872 bits per heavy atom. The number of likely N-dealkylation sites (N-methyl/N-ethyl adjacent to an activating group) is 1. The number of anilines is 2. The van der Waals surface area contributed by atoms with Crippen LogP contribution in [0.4, 0.5) is 11.5 Å². The van der Waals surface area contributed by atoms with Gasteiger partial charge in [-0.15, -0.1) is 0 Å². The van der Waals surface area contributed by atoms with E-state index < -0.39 is 0 Å². The van der Waals surface area contributed by atoms with Crippen LogP contribution in [-0.4, -0.2) is 75.4 Å². The molecule has 0 unspecified atom stereocenters. The van der Waals surface area contributed by atoms with Gasteiger partial charge in [-0.3, -0.25) is 4.90 Å². The number of nitrogens with zero attached hydrogens (tertiary/aromatic N) is 6. The third-order valence-electron chi connectivity index (χ3n) is 8.56. The van der Waals surface area contributed by atoms with Crippen molar-refractivity contribution in [2.45, 2.75) is 50.6 Å². The van der Waals surface area contributed by atoms with E-state index in [0.717, 1.165) is 60.2 Å². The minimum atomic E-state index is 0.338. The normalized spacial score (nSPS) is 20.8. The Morgan fingerprint density at radius 2 is 1.59 bits per heavy atom. The molecule has 3 N–H and O–H groups in total. The molecule has 2 aromatic carbocycles. The molecule has 1 saturated heterocycles. The summed E-state index contributed by atoms with van der Waals surface area (Å²) in [5.74, 6) is 0.496. The van der Waals surface area contributed by atoms with Crippen molar-refractivity contribution in [3.8, 4) is 11.3 Å². The van der Waals surface area contributed by atoms with E-state index >= 15 is 0 Å². The summed E-state index contributed by atoms with van der Waals surface area (Å²) in [5.41, 5.74) is 11.7. The largest absolute Gasteiger partial charge is 0.385 e. The molecule has 0 radical (unpaired) electrons. The smallest absolute Gasteiger partial charge is 0.164 e. The Hall–Kier alpha value is -3.49. The summed E-state index contributed by atoms with van der Waals surface area (Å²) in [4.78, 5) is 14.1. The van der Waals surface area contributed by atoms with Gasteiger partial charge in [0.15, 0.2) is 5.65 Å². The molecule has 0 atom stereocenters. The molecule has 0 spiro atoms. The fourth-order valence-corrected chi connectivity index (χ4v) is 6.22. The van der Waals surface area contributed by atoms with Crippen LogP contribution in [0.15, 0.2) is 60.9 Å². The van der Waals surface area contributed by atoms with E-state index in [-0.39, 0.29) is 0 Å². The van der Waals surface area contributed by atoms with Gasteiger partial charge in [-0.05, 0) is 63.3 Å². The summed E-state index contributed by atoms with van der Waals surface area (Å²) in [5, 5.41) is 9.54. The van der Waals surface area contributed by atoms with Crippen molar-refractivity contribution in [2.24, 2.45) is 0 Å². The SMILES string of the molecule is CN1CCN([C@H]2CC[C@@H](n3nc(-c4ccc(NCCCc5ccccc5)cc4)c4c(N)ncnc43)CC2)CC1. The maximum absolute atomic E-state index is 6.40. The summed E-state index contributed by atoms with van der Waals surface area (Å²) in [6, 6.07) is 20.2. The van der Waals surface area contributed by atoms with Gasteiger partial charge in [-0.25, -0.2) is 14.6 Å². The minimum absolute atomic E-state index is 0.338. The van der Waals surface area contributed by atoms with Gasteiger partial charge in [0.05, 0.1) is 11.4 Å². The first-order valence-corrected chi connectivity index (χ1v) is 14.5. The van der Waals surface area contributed by atoms with Crippen molar-refractivity contribution in [3.05, 3.63) is 66.5 Å². The average Bonchev–Trinajstić information content (AvgIpc) is 3.38. The van der Waals surface area contributed by atoms with Gasteiger partial charge >= 0.3 is 0 Å². The van der Waals surface area contributed by atoms with E-state index in [9.17, 15) is 0 Å². The number of rotatable bonds is 8. The topological polar surface area (TPSA) is 88.1 Å². The first kappa shape index (κ1) is 25.8. The molecule has 2 fully saturated rings. The number of nitrogens with two attached hydrogens (primary N) is 1. The fraction of sp³-hybridized carbons (Fsp3) is 0.452. The number of nitrogen functional groups attached to an aromatic ring is 1. The lowest BCUT2D eigenvalue weighted by atomic mass is 9.90. The molecule has 8 heteroatoms. The van der Waals surface area contributed by atoms with Crippen LogP contribution in [0.1, 0.15) is 43.7 Å². The second-order valence-electron chi connectivity index (χ2n) is 11.1. The number of benzene rings is 2. The van der Waals surface area contributed by atoms with E-state index in [1.165, 1.54) is 44.6 Å². The van der Waals surface area contributed by atoms with Crippen molar-refractivity contribution >= 4 is 22.5 Å². The maximum atomic E-state index is 6.40. The second-order valence-corrected chi connectivity index (χ2v) is 11.1. The van der Waals surface area contributed by atoms with Crippen molar-refractivity contribution < 1.29 is 0 Å². The summed E-state index contributed by atoms with van der Waals surface area (Å²) in [6.45, 7) is 5.64. The van der Waals surface area contributed by atoms with E-state index in [4.69, 9.17) is 10.8 Å². The maximum Gasteiger partial charge on any atom is 0.164 e. The van der Waals surface area contributed by atoms with E-state index in [0.29, 0.717) is 17.9 Å². The first-order valence-electron chi connectivity index (χ1n) is 14.5. The van der Waals surface area contributed by atoms with Crippen LogP contribution in [0.3, 0.4) is 0 Å². The van der Waals surface area contributed by atoms with Crippen LogP contribution >= 0.6 is 0 Å². The summed E-state index contributed by atoms with van der Waals surface area (Å²) in [7, 11) is 2.22. The quantitative estimate of drug-likeness (QED) is 0.319. The van der Waals surface area contributed by atoms with Gasteiger partial charge in [-0.2, -0.15) is 5.10 Å². The Kier molecular flexibility index (Phi) is 7.74. The molecule has 1 aliphatic carbocycles. The number of aromatic nitrogens is 4. The Bertz CT molecular complexity index is 1350. The molecule has 4 aromatic rings. The zero-order valence-corrected chi connectivity index (χ0v) is 23.0. The molecule has 204 valence electrons. The second kappa shape index (κ2) is 11.7. The van der Waals surface area contributed by atoms with Crippen LogP contribution < -0.4 is 11.1 Å². The molecule has 2 aliphatic rings. The molecular weight excluding hydrogens is 484 g/mol. The zero-order valence-electron chi connectivity index (χ0n) is 23.0. The highest BCUT2D eigenvalue weighted by Gasteiger charge is 2.30. The van der Waals surface area contributed by atoms with Gasteiger partial charge in [-0.1, -0.05) is 42.5 Å². The third kappa shape index (κ3) is 5.77. The van der Waals surface area contributed by atoms with Crippen LogP contribution in [0.5, 0.6) is 0 Å².